The molecule has 0 radical (unpaired) electrons. The summed E-state index contributed by atoms with van der Waals surface area (Å²) >= 11 is 0. The van der Waals surface area contributed by atoms with E-state index in [1.54, 1.807) is 12.1 Å². The minimum Gasteiger partial charge on any atom is -0.463 e. The number of nitrogens with one attached hydrogen (secondary N) is 2. The van der Waals surface area contributed by atoms with Gasteiger partial charge in [-0.3, -0.25) is 24.6 Å². The molecule has 4 aromatic carbocycles. The van der Waals surface area contributed by atoms with E-state index in [1.807, 2.05) is 72.2 Å². The van der Waals surface area contributed by atoms with Gasteiger partial charge in [0.15, 0.2) is 11.6 Å². The average molecular weight is 1170 g/mol. The number of nitrogens with two attached hydrogens (primary N) is 1. The van der Waals surface area contributed by atoms with Crippen LogP contribution in [0.2, 0.25) is 0 Å². The lowest BCUT2D eigenvalue weighted by Crippen LogP contribution is -2.38. The number of benzene rings is 4. The lowest BCUT2D eigenvalue weighted by molar-refractivity contribution is -0.221. The van der Waals surface area contributed by atoms with Crippen molar-refractivity contribution >= 4 is 29.7 Å². The third-order valence-electron chi connectivity index (χ3n) is 15.2. The normalized spacial score (nSPS) is 15.6. The molecule has 0 unspecified atom stereocenters. The van der Waals surface area contributed by atoms with Crippen molar-refractivity contribution in [3.8, 4) is 40.9 Å². The van der Waals surface area contributed by atoms with E-state index in [1.165, 1.54) is 35.1 Å². The van der Waals surface area contributed by atoms with Crippen LogP contribution in [-0.4, -0.2) is 122 Å². The molecule has 0 spiro atoms. The smallest absolute Gasteiger partial charge is 0.463 e. The van der Waals surface area contributed by atoms with E-state index in [2.05, 4.69) is 67.1 Å². The molecule has 24 heteroatoms. The zero-order valence-corrected chi connectivity index (χ0v) is 46.8. The molecule has 3 amide bonds. The van der Waals surface area contributed by atoms with Gasteiger partial charge >= 0.3 is 36.3 Å². The molecule has 18 nitrogen and oxygen atoms in total. The number of H-pyrrole nitrogens is 2. The van der Waals surface area contributed by atoms with Crippen molar-refractivity contribution in [3.05, 3.63) is 128 Å². The number of nitriles is 1. The number of amides is 3. The van der Waals surface area contributed by atoms with Gasteiger partial charge in [0.2, 0.25) is 5.91 Å². The van der Waals surface area contributed by atoms with Gasteiger partial charge in [-0.15, -0.1) is 10.2 Å². The molecule has 84 heavy (non-hydrogen) atoms. The number of rotatable bonds is 15. The third-order valence-corrected chi connectivity index (χ3v) is 15.2. The fourth-order valence-corrected chi connectivity index (χ4v) is 10.4. The number of alkyl halides is 6. The van der Waals surface area contributed by atoms with Crippen LogP contribution in [0.4, 0.5) is 26.3 Å². The van der Waals surface area contributed by atoms with Crippen LogP contribution in [0.15, 0.2) is 72.8 Å². The Morgan fingerprint density at radius 3 is 1.29 bits per heavy atom. The number of esters is 2. The number of carbonyl (C=O) groups is 5. The first-order chi connectivity index (χ1) is 40.1. The van der Waals surface area contributed by atoms with Crippen LogP contribution in [-0.2, 0) is 27.2 Å². The van der Waals surface area contributed by atoms with Gasteiger partial charge in [-0.2, -0.15) is 41.6 Å². The summed E-state index contributed by atoms with van der Waals surface area (Å²) in [6.07, 6.45) is -1.38. The minimum atomic E-state index is -5.62. The predicted molar refractivity (Wildman–Crippen MR) is 294 cm³/mol. The van der Waals surface area contributed by atoms with Gasteiger partial charge in [0, 0.05) is 54.0 Å². The van der Waals surface area contributed by atoms with Crippen molar-refractivity contribution in [2.24, 2.45) is 5.73 Å². The number of aromatic nitrogens is 6. The van der Waals surface area contributed by atoms with Crippen LogP contribution < -0.4 is 15.2 Å². The molecule has 2 aliphatic heterocycles. The van der Waals surface area contributed by atoms with Gasteiger partial charge in [-0.05, 0) is 172 Å². The average Bonchev–Trinajstić information content (AvgIpc) is 2.00. The number of hydrogen-bond donors (Lipinski definition) is 3. The van der Waals surface area contributed by atoms with E-state index in [4.69, 9.17) is 20.5 Å². The Balaban J connectivity index is 0.000000182. The molecule has 0 atom stereocenters. The quantitative estimate of drug-likeness (QED) is 0.0492. The zero-order valence-electron chi connectivity index (χ0n) is 46.8. The van der Waals surface area contributed by atoms with Crippen molar-refractivity contribution in [2.75, 3.05) is 39.4 Å². The lowest BCUT2D eigenvalue weighted by atomic mass is 9.88. The number of hydrogen-bond acceptors (Lipinski definition) is 13. The van der Waals surface area contributed by atoms with E-state index in [9.17, 15) is 50.3 Å². The number of piperidine rings is 2. The summed E-state index contributed by atoms with van der Waals surface area (Å²) in [4.78, 5) is 71.1. The Kier molecular flexibility index (Phi) is 19.6. The van der Waals surface area contributed by atoms with E-state index < -0.39 is 30.2 Å². The Labute approximate surface area is 480 Å². The molecule has 444 valence electrons. The number of nitrogens with zero attached hydrogens (tertiary/aromatic N) is 7. The minimum absolute atomic E-state index is 0.0718. The number of ether oxygens (including phenoxy) is 3. The van der Waals surface area contributed by atoms with Gasteiger partial charge in [0.25, 0.3) is 11.8 Å². The Morgan fingerprint density at radius 1 is 0.583 bits per heavy atom. The summed E-state index contributed by atoms with van der Waals surface area (Å²) in [6, 6.07) is 26.7. The highest BCUT2D eigenvalue weighted by Crippen LogP contribution is 2.47. The highest BCUT2D eigenvalue weighted by molar-refractivity contribution is 5.98. The highest BCUT2D eigenvalue weighted by Gasteiger charge is 2.49. The maximum Gasteiger partial charge on any atom is 0.491 e. The third kappa shape index (κ3) is 15.1. The number of halogens is 6. The Hall–Kier alpha value is -8.62. The zero-order chi connectivity index (χ0) is 60.5. The molecule has 10 rings (SSSR count). The van der Waals surface area contributed by atoms with Gasteiger partial charge in [0.1, 0.15) is 0 Å². The second-order valence-corrected chi connectivity index (χ2v) is 20.8. The number of aromatic amines is 2. The second-order valence-electron chi connectivity index (χ2n) is 20.8. The monoisotopic (exact) mass is 1170 g/mol. The van der Waals surface area contributed by atoms with Gasteiger partial charge in [0.05, 0.1) is 24.8 Å². The molecule has 6 aromatic rings. The van der Waals surface area contributed by atoms with E-state index in [0.717, 1.165) is 97.8 Å². The number of likely N-dealkylation sites (tertiary alicyclic amines) is 2. The molecule has 2 saturated carbocycles. The van der Waals surface area contributed by atoms with E-state index in [-0.39, 0.29) is 11.8 Å². The number of aryl methyl sites for hydroxylation is 2. The molecular weight excluding hydrogens is 1100 g/mol. The molecule has 4 aliphatic rings. The van der Waals surface area contributed by atoms with Gasteiger partial charge in [-0.1, -0.05) is 50.2 Å². The molecule has 2 saturated heterocycles. The second kappa shape index (κ2) is 26.7. The first-order valence-corrected chi connectivity index (χ1v) is 28.0. The lowest BCUT2D eigenvalue weighted by Gasteiger charge is -2.33. The molecule has 4 heterocycles. The van der Waals surface area contributed by atoms with Crippen molar-refractivity contribution in [3.63, 3.8) is 0 Å². The SMILES string of the molecule is CCOc1n[nH]c(-c2cc(C(=O)N3CCC(c4ccc(C#N)cc4)CC3)c(CC)cc2C2CC2)n1.CCOc1n[nH]c(-c2cc(C(=O)N3CCC(c4ccc(C(N)=O)cc4)CC3)c(CC)cc2C2CC2)n1.O=C(OC(=O)C(F)(F)F)C(F)(F)F. The molecular formula is C60H64F6N10O8. The molecule has 4 fully saturated rings. The highest BCUT2D eigenvalue weighted by atomic mass is 19.4. The Morgan fingerprint density at radius 2 is 0.964 bits per heavy atom. The van der Waals surface area contributed by atoms with Crippen LogP contribution in [0.25, 0.3) is 22.8 Å². The summed E-state index contributed by atoms with van der Waals surface area (Å²) in [5.41, 5.74) is 17.1. The van der Waals surface area contributed by atoms with Crippen molar-refractivity contribution in [2.45, 2.75) is 128 Å². The van der Waals surface area contributed by atoms with Crippen LogP contribution in [0.3, 0.4) is 0 Å². The van der Waals surface area contributed by atoms with Crippen molar-refractivity contribution in [1.29, 1.82) is 5.26 Å². The Bertz CT molecular complexity index is 3340. The number of carbonyl (C=O) groups excluding carboxylic acids is 5. The first-order valence-electron chi connectivity index (χ1n) is 28.0. The van der Waals surface area contributed by atoms with Crippen LogP contribution in [0.1, 0.15) is 173 Å². The summed E-state index contributed by atoms with van der Waals surface area (Å²) in [6.45, 7) is 11.9. The van der Waals surface area contributed by atoms with E-state index in [0.29, 0.717) is 84.8 Å². The first kappa shape index (κ1) is 61.5. The van der Waals surface area contributed by atoms with Gasteiger partial charge in [-0.25, -0.2) is 9.59 Å². The summed E-state index contributed by atoms with van der Waals surface area (Å²) in [5, 5.41) is 23.4. The topological polar surface area (TPSA) is 252 Å². The summed E-state index contributed by atoms with van der Waals surface area (Å²) in [7, 11) is 0. The predicted octanol–water partition coefficient (Wildman–Crippen LogP) is 10.8. The number of primary amides is 1. The van der Waals surface area contributed by atoms with Crippen molar-refractivity contribution in [1.82, 2.24) is 40.2 Å². The van der Waals surface area contributed by atoms with Crippen LogP contribution in [0.5, 0.6) is 12.0 Å². The fraction of sp³-hybridized carbons (Fsp3) is 0.433. The summed E-state index contributed by atoms with van der Waals surface area (Å²) < 4.78 is 80.6. The maximum atomic E-state index is 13.7. The standard InChI is InChI=1S/C28H33N5O3.C28H31N5O2.C4F6O3/c1-3-17-15-22(20-7-8-20)24(26-30-28(32-31-26)36-4-2)16-23(17)27(35)33-13-11-19(12-14-33)18-5-9-21(10-6-18)25(29)34;1-3-19-15-23(22-9-10-22)25(26-30-28(32-31-26)35-4-2)16-24(19)27(34)33-13-11-21(12-14-33)20-7-5-18(17-29)6-8-20;5-3(6,7)1(11)13-2(12)4(8,9)10/h5-6,9-10,15-16,19-20H,3-4,7-8,11-14H2,1-2H3,(H2,29,34)(H,30,31,32);5-8,15-16,21-22H,3-4,9-14H2,1-2H3,(H,30,31,32);. The van der Waals surface area contributed by atoms with E-state index >= 15 is 0 Å². The fourth-order valence-electron chi connectivity index (χ4n) is 10.4. The molecule has 2 aliphatic carbocycles. The maximum absolute atomic E-state index is 13.7. The van der Waals surface area contributed by atoms with Crippen LogP contribution in [0, 0.1) is 11.3 Å². The van der Waals surface area contributed by atoms with Crippen LogP contribution >= 0.6 is 0 Å². The molecule has 4 N–H and O–H groups in total. The molecule has 0 bridgehead atoms. The van der Waals surface area contributed by atoms with Crippen molar-refractivity contribution < 1.29 is 64.5 Å². The molecule has 2 aromatic heterocycles. The summed E-state index contributed by atoms with van der Waals surface area (Å²) in [5.74, 6) is -3.55. The van der Waals surface area contributed by atoms with Gasteiger partial charge < -0.3 is 29.7 Å². The largest absolute Gasteiger partial charge is 0.491 e.